The maximum Gasteiger partial charge on any atom is 0.251 e. The van der Waals surface area contributed by atoms with Crippen LogP contribution < -0.4 is 14.8 Å². The zero-order valence-corrected chi connectivity index (χ0v) is 13.9. The summed E-state index contributed by atoms with van der Waals surface area (Å²) in [7, 11) is 0. The van der Waals surface area contributed by atoms with E-state index < -0.39 is 0 Å². The molecule has 24 heavy (non-hydrogen) atoms. The predicted molar refractivity (Wildman–Crippen MR) is 90.1 cm³/mol. The number of hydrogen-bond donors (Lipinski definition) is 1. The second kappa shape index (κ2) is 7.36. The smallest absolute Gasteiger partial charge is 0.251 e. The lowest BCUT2D eigenvalue weighted by Gasteiger charge is -2.09. The third kappa shape index (κ3) is 4.06. The Morgan fingerprint density at radius 2 is 1.79 bits per heavy atom. The second-order valence-electron chi connectivity index (χ2n) is 5.93. The van der Waals surface area contributed by atoms with Crippen molar-refractivity contribution in [3.05, 3.63) is 59.2 Å². The summed E-state index contributed by atoms with van der Waals surface area (Å²) in [5.74, 6) is 1.35. The minimum atomic E-state index is -0.107. The fraction of sp³-hybridized carbons (Fsp3) is 0.316. The van der Waals surface area contributed by atoms with Gasteiger partial charge in [0, 0.05) is 12.1 Å². The molecule has 2 aromatic carbocycles. The average Bonchev–Trinajstić information content (AvgIpc) is 3.06. The third-order valence-corrected chi connectivity index (χ3v) is 3.69. The Balaban J connectivity index is 1.55. The number of hydrogen-bond acceptors (Lipinski definition) is 4. The summed E-state index contributed by atoms with van der Waals surface area (Å²) in [5.41, 5.74) is 2.65. The minimum absolute atomic E-state index is 0.107. The summed E-state index contributed by atoms with van der Waals surface area (Å²) < 4.78 is 16.2. The predicted octanol–water partition coefficient (Wildman–Crippen LogP) is 3.27. The van der Waals surface area contributed by atoms with Crippen molar-refractivity contribution in [2.45, 2.75) is 33.1 Å². The Bertz CT molecular complexity index is 710. The zero-order chi connectivity index (χ0) is 16.9. The maximum absolute atomic E-state index is 12.2. The largest absolute Gasteiger partial charge is 0.454 e. The van der Waals surface area contributed by atoms with Crippen LogP contribution in [0.5, 0.6) is 11.5 Å². The number of nitrogens with one attached hydrogen (secondary N) is 1. The lowest BCUT2D eigenvalue weighted by molar-refractivity contribution is 0.0657. The molecule has 0 bridgehead atoms. The fourth-order valence-electron chi connectivity index (χ4n) is 2.35. The van der Waals surface area contributed by atoms with Crippen molar-refractivity contribution in [3.63, 3.8) is 0 Å². The van der Waals surface area contributed by atoms with E-state index >= 15 is 0 Å². The average molecular weight is 327 g/mol. The van der Waals surface area contributed by atoms with E-state index in [4.69, 9.17) is 14.2 Å². The van der Waals surface area contributed by atoms with Crippen LogP contribution in [0.3, 0.4) is 0 Å². The normalized spacial score (nSPS) is 12.5. The first-order valence-electron chi connectivity index (χ1n) is 7.99. The number of amides is 1. The van der Waals surface area contributed by atoms with Gasteiger partial charge < -0.3 is 19.5 Å². The van der Waals surface area contributed by atoms with Gasteiger partial charge >= 0.3 is 0 Å². The molecule has 0 spiro atoms. The van der Waals surface area contributed by atoms with Crippen LogP contribution in [-0.4, -0.2) is 18.8 Å². The Morgan fingerprint density at radius 1 is 1.08 bits per heavy atom. The van der Waals surface area contributed by atoms with Gasteiger partial charge in [0.05, 0.1) is 12.7 Å². The third-order valence-electron chi connectivity index (χ3n) is 3.69. The van der Waals surface area contributed by atoms with Gasteiger partial charge in [-0.05, 0) is 49.2 Å². The maximum atomic E-state index is 12.2. The van der Waals surface area contributed by atoms with Gasteiger partial charge in [-0.1, -0.05) is 18.2 Å². The molecule has 1 aliphatic heterocycles. The molecule has 0 aromatic heterocycles. The SMILES string of the molecule is CC(C)OCc1ccc(C(=O)NCc2ccc3c(c2)OCO3)cc1. The van der Waals surface area contributed by atoms with Crippen LogP contribution in [0.15, 0.2) is 42.5 Å². The molecule has 3 rings (SSSR count). The first-order chi connectivity index (χ1) is 11.6. The van der Waals surface area contributed by atoms with Crippen molar-refractivity contribution in [1.82, 2.24) is 5.32 Å². The Hall–Kier alpha value is -2.53. The quantitative estimate of drug-likeness (QED) is 0.885. The highest BCUT2D eigenvalue weighted by Gasteiger charge is 2.13. The molecule has 0 fully saturated rings. The highest BCUT2D eigenvalue weighted by Crippen LogP contribution is 2.32. The summed E-state index contributed by atoms with van der Waals surface area (Å²) in [4.78, 5) is 12.2. The molecule has 0 saturated heterocycles. The number of rotatable bonds is 6. The molecule has 0 aliphatic carbocycles. The minimum Gasteiger partial charge on any atom is -0.454 e. The number of carbonyl (C=O) groups is 1. The molecule has 5 heteroatoms. The number of fused-ring (bicyclic) bond motifs is 1. The van der Waals surface area contributed by atoms with Crippen molar-refractivity contribution >= 4 is 5.91 Å². The van der Waals surface area contributed by atoms with Crippen LogP contribution in [0.25, 0.3) is 0 Å². The summed E-state index contributed by atoms with van der Waals surface area (Å²) >= 11 is 0. The molecule has 0 saturated carbocycles. The molecule has 1 aliphatic rings. The standard InChI is InChI=1S/C19H21NO4/c1-13(2)22-11-14-3-6-16(7-4-14)19(21)20-10-15-5-8-17-18(9-15)24-12-23-17/h3-9,13H,10-12H2,1-2H3,(H,20,21). The van der Waals surface area contributed by atoms with Crippen molar-refractivity contribution < 1.29 is 19.0 Å². The Morgan fingerprint density at radius 3 is 2.54 bits per heavy atom. The Kier molecular flexibility index (Phi) is 5.01. The van der Waals surface area contributed by atoms with Crippen molar-refractivity contribution in [2.24, 2.45) is 0 Å². The van der Waals surface area contributed by atoms with Gasteiger partial charge in [0.2, 0.25) is 6.79 Å². The van der Waals surface area contributed by atoms with Crippen molar-refractivity contribution in [3.8, 4) is 11.5 Å². The highest BCUT2D eigenvalue weighted by molar-refractivity contribution is 5.94. The first kappa shape index (κ1) is 16.3. The first-order valence-corrected chi connectivity index (χ1v) is 7.99. The van der Waals surface area contributed by atoms with Crippen LogP contribution in [0.1, 0.15) is 35.3 Å². The van der Waals surface area contributed by atoms with Crippen LogP contribution in [0.2, 0.25) is 0 Å². The van der Waals surface area contributed by atoms with E-state index in [1.807, 2.05) is 56.3 Å². The molecule has 1 N–H and O–H groups in total. The van der Waals surface area contributed by atoms with E-state index in [9.17, 15) is 4.79 Å². The molecule has 0 unspecified atom stereocenters. The number of carbonyl (C=O) groups excluding carboxylic acids is 1. The van der Waals surface area contributed by atoms with E-state index in [1.54, 1.807) is 0 Å². The van der Waals surface area contributed by atoms with Crippen LogP contribution in [0, 0.1) is 0 Å². The van der Waals surface area contributed by atoms with Crippen LogP contribution >= 0.6 is 0 Å². The van der Waals surface area contributed by atoms with Gasteiger partial charge in [-0.15, -0.1) is 0 Å². The molecule has 0 radical (unpaired) electrons. The van der Waals surface area contributed by atoms with E-state index in [-0.39, 0.29) is 18.8 Å². The summed E-state index contributed by atoms with van der Waals surface area (Å²) in [6, 6.07) is 13.1. The molecule has 0 atom stereocenters. The van der Waals surface area contributed by atoms with Gasteiger partial charge in [-0.3, -0.25) is 4.79 Å². The molecule has 126 valence electrons. The summed E-state index contributed by atoms with van der Waals surface area (Å²) in [5, 5.41) is 2.91. The number of ether oxygens (including phenoxy) is 3. The molecular weight excluding hydrogens is 306 g/mol. The molecule has 5 nitrogen and oxygen atoms in total. The highest BCUT2D eigenvalue weighted by atomic mass is 16.7. The lowest BCUT2D eigenvalue weighted by atomic mass is 10.1. The van der Waals surface area contributed by atoms with Crippen molar-refractivity contribution in [2.75, 3.05) is 6.79 Å². The van der Waals surface area contributed by atoms with E-state index in [0.717, 1.165) is 22.6 Å². The second-order valence-corrected chi connectivity index (χ2v) is 5.93. The lowest BCUT2D eigenvalue weighted by Crippen LogP contribution is -2.22. The molecular formula is C19H21NO4. The Labute approximate surface area is 141 Å². The van der Waals surface area contributed by atoms with Crippen LogP contribution in [0.4, 0.5) is 0 Å². The summed E-state index contributed by atoms with van der Waals surface area (Å²) in [6.45, 7) is 5.23. The van der Waals surface area contributed by atoms with Gasteiger partial charge in [-0.2, -0.15) is 0 Å². The summed E-state index contributed by atoms with van der Waals surface area (Å²) in [6.07, 6.45) is 0.190. The van der Waals surface area contributed by atoms with Gasteiger partial charge in [0.25, 0.3) is 5.91 Å². The monoisotopic (exact) mass is 327 g/mol. The van der Waals surface area contributed by atoms with E-state index in [2.05, 4.69) is 5.32 Å². The van der Waals surface area contributed by atoms with Crippen molar-refractivity contribution in [1.29, 1.82) is 0 Å². The van der Waals surface area contributed by atoms with E-state index in [0.29, 0.717) is 18.7 Å². The van der Waals surface area contributed by atoms with Gasteiger partial charge in [0.1, 0.15) is 0 Å². The zero-order valence-electron chi connectivity index (χ0n) is 13.9. The van der Waals surface area contributed by atoms with Gasteiger partial charge in [-0.25, -0.2) is 0 Å². The molecule has 1 amide bonds. The van der Waals surface area contributed by atoms with Crippen LogP contribution in [-0.2, 0) is 17.9 Å². The van der Waals surface area contributed by atoms with Gasteiger partial charge in [0.15, 0.2) is 11.5 Å². The fourth-order valence-corrected chi connectivity index (χ4v) is 2.35. The van der Waals surface area contributed by atoms with E-state index in [1.165, 1.54) is 0 Å². The molecule has 2 aromatic rings. The number of benzene rings is 2. The topological polar surface area (TPSA) is 56.8 Å². The molecule has 1 heterocycles.